The predicted molar refractivity (Wildman–Crippen MR) is 89.8 cm³/mol. The monoisotopic (exact) mass is 333 g/mol. The molecule has 0 bridgehead atoms. The van der Waals surface area contributed by atoms with Crippen LogP contribution in [-0.4, -0.2) is 42.2 Å². The fourth-order valence-corrected chi connectivity index (χ4v) is 2.72. The van der Waals surface area contributed by atoms with Gasteiger partial charge in [-0.05, 0) is 35.1 Å². The molecule has 7 heteroatoms. The van der Waals surface area contributed by atoms with Crippen molar-refractivity contribution in [3.05, 3.63) is 35.4 Å². The molecule has 3 rings (SSSR count). The summed E-state index contributed by atoms with van der Waals surface area (Å²) < 4.78 is 0. The Labute approximate surface area is 142 Å². The zero-order valence-corrected chi connectivity index (χ0v) is 14.0. The number of fused-ring (bicyclic) bond motifs is 1. The summed E-state index contributed by atoms with van der Waals surface area (Å²) in [6.45, 7) is 7.96. The maximum absolute atomic E-state index is 7.47. The van der Waals surface area contributed by atoms with E-state index in [1.807, 2.05) is 0 Å². The highest BCUT2D eigenvalue weighted by Crippen LogP contribution is 2.32. The lowest BCUT2D eigenvalue weighted by Crippen LogP contribution is -2.33. The van der Waals surface area contributed by atoms with Crippen molar-refractivity contribution in [3.8, 4) is 11.8 Å². The lowest BCUT2D eigenvalue weighted by Gasteiger charge is -2.21. The van der Waals surface area contributed by atoms with Crippen LogP contribution in [0.15, 0.2) is 29.3 Å². The van der Waals surface area contributed by atoms with Crippen LogP contribution in [0.2, 0.25) is 0 Å². The Morgan fingerprint density at radius 3 is 2.92 bits per heavy atom. The molecule has 0 fully saturated rings. The van der Waals surface area contributed by atoms with Crippen molar-refractivity contribution < 1.29 is 20.2 Å². The van der Waals surface area contributed by atoms with Gasteiger partial charge < -0.3 is 5.32 Å². The Balaban J connectivity index is 0.000000224. The summed E-state index contributed by atoms with van der Waals surface area (Å²) in [6.07, 6.45) is 0. The summed E-state index contributed by atoms with van der Waals surface area (Å²) in [6, 6.07) is 9.24. The second-order valence-corrected chi connectivity index (χ2v) is 5.37. The SMILES string of the molecule is CC#CCOOOO.CC1c2ccccc2CN1CC1=NCCN1. The normalized spacial score (nSPS) is 18.6. The van der Waals surface area contributed by atoms with Gasteiger partial charge in [0.15, 0.2) is 0 Å². The van der Waals surface area contributed by atoms with Crippen LogP contribution in [0.4, 0.5) is 0 Å². The van der Waals surface area contributed by atoms with E-state index >= 15 is 0 Å². The number of nitrogens with one attached hydrogen (secondary N) is 1. The second-order valence-electron chi connectivity index (χ2n) is 5.37. The van der Waals surface area contributed by atoms with E-state index in [0.29, 0.717) is 6.04 Å². The lowest BCUT2D eigenvalue weighted by molar-refractivity contribution is -0.620. The largest absolute Gasteiger partial charge is 0.371 e. The van der Waals surface area contributed by atoms with Gasteiger partial charge in [0.1, 0.15) is 12.4 Å². The van der Waals surface area contributed by atoms with Gasteiger partial charge in [0.2, 0.25) is 0 Å². The van der Waals surface area contributed by atoms with Gasteiger partial charge in [-0.3, -0.25) is 9.89 Å². The Kier molecular flexibility index (Phi) is 7.68. The Bertz CT molecular complexity index is 609. The fraction of sp³-hybridized carbons (Fsp3) is 0.471. The van der Waals surface area contributed by atoms with Crippen LogP contribution < -0.4 is 5.32 Å². The van der Waals surface area contributed by atoms with Gasteiger partial charge in [-0.2, -0.15) is 4.89 Å². The van der Waals surface area contributed by atoms with Crippen molar-refractivity contribution in [2.45, 2.75) is 26.4 Å². The molecule has 0 amide bonds. The van der Waals surface area contributed by atoms with Gasteiger partial charge in [0, 0.05) is 19.1 Å². The zero-order chi connectivity index (χ0) is 17.2. The molecule has 0 radical (unpaired) electrons. The van der Waals surface area contributed by atoms with Crippen molar-refractivity contribution in [3.63, 3.8) is 0 Å². The topological polar surface area (TPSA) is 75.5 Å². The van der Waals surface area contributed by atoms with Crippen molar-refractivity contribution in [2.75, 3.05) is 26.2 Å². The maximum Gasteiger partial charge on any atom is 0.146 e. The Morgan fingerprint density at radius 2 is 2.25 bits per heavy atom. The van der Waals surface area contributed by atoms with Crippen LogP contribution >= 0.6 is 0 Å². The van der Waals surface area contributed by atoms with E-state index in [1.54, 1.807) is 6.92 Å². The summed E-state index contributed by atoms with van der Waals surface area (Å²) >= 11 is 0. The number of hydrogen-bond donors (Lipinski definition) is 2. The van der Waals surface area contributed by atoms with Crippen molar-refractivity contribution in [1.29, 1.82) is 0 Å². The van der Waals surface area contributed by atoms with Crippen molar-refractivity contribution in [1.82, 2.24) is 10.2 Å². The zero-order valence-electron chi connectivity index (χ0n) is 14.0. The summed E-state index contributed by atoms with van der Waals surface area (Å²) in [5, 5.41) is 17.5. The van der Waals surface area contributed by atoms with E-state index in [-0.39, 0.29) is 6.61 Å². The summed E-state index contributed by atoms with van der Waals surface area (Å²) in [7, 11) is 0. The molecule has 1 aromatic rings. The van der Waals surface area contributed by atoms with Gasteiger partial charge >= 0.3 is 0 Å². The summed E-state index contributed by atoms with van der Waals surface area (Å²) in [5.41, 5.74) is 2.94. The van der Waals surface area contributed by atoms with Crippen LogP contribution in [0.3, 0.4) is 0 Å². The molecule has 2 heterocycles. The van der Waals surface area contributed by atoms with E-state index in [2.05, 4.69) is 73.2 Å². The first kappa shape index (κ1) is 18.4. The number of aliphatic imine (C=N–C) groups is 1. The fourth-order valence-electron chi connectivity index (χ4n) is 2.72. The first-order valence-electron chi connectivity index (χ1n) is 7.84. The van der Waals surface area contributed by atoms with Gasteiger partial charge in [-0.1, -0.05) is 30.2 Å². The molecule has 2 aliphatic rings. The van der Waals surface area contributed by atoms with Gasteiger partial charge in [0.05, 0.1) is 13.1 Å². The van der Waals surface area contributed by atoms with E-state index in [9.17, 15) is 0 Å². The third-order valence-electron chi connectivity index (χ3n) is 3.91. The van der Waals surface area contributed by atoms with E-state index in [4.69, 9.17) is 5.26 Å². The average molecular weight is 333 g/mol. The molecule has 24 heavy (non-hydrogen) atoms. The standard InChI is InChI=1S/C13H17N3.C4H6O4/c1-10-12-5-3-2-4-11(12)8-16(10)9-13-14-6-7-15-13;1-2-3-4-6-8-7-5/h2-5,10H,6-9H2,1H3,(H,14,15);5H,4H2,1H3. The molecule has 1 unspecified atom stereocenters. The molecule has 1 aromatic carbocycles. The molecular weight excluding hydrogens is 310 g/mol. The first-order chi connectivity index (χ1) is 11.8. The minimum absolute atomic E-state index is 0.0804. The minimum atomic E-state index is 0.0804. The van der Waals surface area contributed by atoms with Crippen LogP contribution in [0.1, 0.15) is 31.0 Å². The summed E-state index contributed by atoms with van der Waals surface area (Å²) in [5.74, 6) is 6.18. The highest BCUT2D eigenvalue weighted by Gasteiger charge is 2.27. The van der Waals surface area contributed by atoms with Gasteiger partial charge in [-0.25, -0.2) is 5.26 Å². The molecule has 2 aliphatic heterocycles. The number of hydrogen-bond acceptors (Lipinski definition) is 7. The lowest BCUT2D eigenvalue weighted by atomic mass is 10.1. The third kappa shape index (κ3) is 5.30. The van der Waals surface area contributed by atoms with Gasteiger partial charge in [-0.15, -0.1) is 5.92 Å². The Hall–Kier alpha value is -1.95. The molecule has 0 saturated carbocycles. The highest BCUT2D eigenvalue weighted by molar-refractivity contribution is 5.85. The molecular formula is C17H23N3O4. The summed E-state index contributed by atoms with van der Waals surface area (Å²) in [4.78, 5) is 11.0. The molecule has 0 saturated heterocycles. The number of benzene rings is 1. The van der Waals surface area contributed by atoms with E-state index < -0.39 is 0 Å². The average Bonchev–Trinajstić information content (AvgIpc) is 3.22. The number of nitrogens with zero attached hydrogens (tertiary/aromatic N) is 2. The predicted octanol–water partition coefficient (Wildman–Crippen LogP) is 1.93. The van der Waals surface area contributed by atoms with Crippen molar-refractivity contribution in [2.24, 2.45) is 4.99 Å². The van der Waals surface area contributed by atoms with Crippen LogP contribution in [0.5, 0.6) is 0 Å². The van der Waals surface area contributed by atoms with Crippen LogP contribution in [0, 0.1) is 11.8 Å². The maximum atomic E-state index is 7.47. The molecule has 0 aromatic heterocycles. The minimum Gasteiger partial charge on any atom is -0.371 e. The second kappa shape index (κ2) is 10.0. The van der Waals surface area contributed by atoms with Crippen molar-refractivity contribution >= 4 is 5.84 Å². The first-order valence-corrected chi connectivity index (χ1v) is 7.84. The number of amidine groups is 1. The van der Waals surface area contributed by atoms with Crippen LogP contribution in [-0.2, 0) is 21.5 Å². The molecule has 2 N–H and O–H groups in total. The van der Waals surface area contributed by atoms with E-state index in [1.165, 1.54) is 11.1 Å². The van der Waals surface area contributed by atoms with Gasteiger partial charge in [0.25, 0.3) is 0 Å². The molecule has 130 valence electrons. The molecule has 7 nitrogen and oxygen atoms in total. The Morgan fingerprint density at radius 1 is 1.42 bits per heavy atom. The molecule has 0 aliphatic carbocycles. The van der Waals surface area contributed by atoms with E-state index in [0.717, 1.165) is 32.0 Å². The highest BCUT2D eigenvalue weighted by atomic mass is 17.6. The number of rotatable bonds is 5. The molecule has 1 atom stereocenters. The third-order valence-corrected chi connectivity index (χ3v) is 3.91. The quantitative estimate of drug-likeness (QED) is 0.371. The van der Waals surface area contributed by atoms with Crippen LogP contribution in [0.25, 0.3) is 0 Å². The smallest absolute Gasteiger partial charge is 0.146 e. The molecule has 0 spiro atoms.